The zero-order valence-corrected chi connectivity index (χ0v) is 16.7. The lowest BCUT2D eigenvalue weighted by atomic mass is 10.2. The average molecular weight is 455 g/mol. The summed E-state index contributed by atoms with van der Waals surface area (Å²) in [5.74, 6) is -0.247. The number of carbonyl (C=O) groups is 1. The van der Waals surface area contributed by atoms with Crippen LogP contribution in [0.25, 0.3) is 0 Å². The van der Waals surface area contributed by atoms with Gasteiger partial charge in [0.15, 0.2) is 6.73 Å². The smallest absolute Gasteiger partial charge is 0.428 e. The third-order valence-electron chi connectivity index (χ3n) is 4.56. The van der Waals surface area contributed by atoms with Crippen LogP contribution in [0.15, 0.2) is 36.5 Å². The lowest BCUT2D eigenvalue weighted by Gasteiger charge is -2.16. The molecule has 0 unspecified atom stereocenters. The number of hydrogen-bond acceptors (Lipinski definition) is 8. The van der Waals surface area contributed by atoms with Crippen molar-refractivity contribution in [3.63, 3.8) is 0 Å². The van der Waals surface area contributed by atoms with Crippen LogP contribution in [0.4, 0.5) is 35.2 Å². The van der Waals surface area contributed by atoms with Gasteiger partial charge >= 0.3 is 18.1 Å². The molecule has 1 aliphatic rings. The van der Waals surface area contributed by atoms with E-state index >= 15 is 0 Å². The standard InChI is InChI=1S/C19H20F3N5O5/c20-19(21,22)32-16-6-2-1-5-13(16)10-23-14-9-17(24-11-15(14)27(29)30)25-12-31-18(28)26-7-3-4-8-26/h1-2,5-6,9,11H,3-4,7-8,10,12H2,(H2,23,24,25). The van der Waals surface area contributed by atoms with Crippen LogP contribution in [-0.2, 0) is 11.3 Å². The fourth-order valence-electron chi connectivity index (χ4n) is 3.06. The van der Waals surface area contributed by atoms with Gasteiger partial charge in [0.25, 0.3) is 0 Å². The van der Waals surface area contributed by atoms with Crippen molar-refractivity contribution in [3.8, 4) is 5.75 Å². The molecule has 10 nitrogen and oxygen atoms in total. The predicted octanol–water partition coefficient (Wildman–Crippen LogP) is 4.10. The molecule has 1 saturated heterocycles. The SMILES string of the molecule is O=C(OCNc1cc(NCc2ccccc2OC(F)(F)F)c([N+](=O)[O-])cn1)N1CCCC1. The molecule has 2 N–H and O–H groups in total. The second-order valence-electron chi connectivity index (χ2n) is 6.78. The summed E-state index contributed by atoms with van der Waals surface area (Å²) >= 11 is 0. The maximum atomic E-state index is 12.6. The number of benzene rings is 1. The number of alkyl halides is 3. The Morgan fingerprint density at radius 2 is 1.94 bits per heavy atom. The molecule has 32 heavy (non-hydrogen) atoms. The zero-order chi connectivity index (χ0) is 23.1. The average Bonchev–Trinajstić information content (AvgIpc) is 3.27. The number of aromatic nitrogens is 1. The lowest BCUT2D eigenvalue weighted by Crippen LogP contribution is -2.29. The molecule has 0 spiro atoms. The van der Waals surface area contributed by atoms with Gasteiger partial charge in [-0.15, -0.1) is 13.2 Å². The molecule has 0 saturated carbocycles. The van der Waals surface area contributed by atoms with Crippen LogP contribution < -0.4 is 15.4 Å². The largest absolute Gasteiger partial charge is 0.573 e. The normalized spacial score (nSPS) is 13.5. The number of ether oxygens (including phenoxy) is 2. The van der Waals surface area contributed by atoms with Crippen molar-refractivity contribution in [3.05, 3.63) is 52.2 Å². The van der Waals surface area contributed by atoms with E-state index in [4.69, 9.17) is 4.74 Å². The van der Waals surface area contributed by atoms with Crippen LogP contribution in [0.5, 0.6) is 5.75 Å². The molecule has 2 aromatic rings. The summed E-state index contributed by atoms with van der Waals surface area (Å²) in [6.07, 6.45) is -2.53. The fraction of sp³-hybridized carbons (Fsp3) is 0.368. The first-order valence-electron chi connectivity index (χ1n) is 9.60. The monoisotopic (exact) mass is 455 g/mol. The van der Waals surface area contributed by atoms with Crippen molar-refractivity contribution in [1.82, 2.24) is 9.88 Å². The van der Waals surface area contributed by atoms with Crippen molar-refractivity contribution >= 4 is 23.3 Å². The third kappa shape index (κ3) is 6.36. The summed E-state index contributed by atoms with van der Waals surface area (Å²) in [6.45, 7) is 0.868. The van der Waals surface area contributed by atoms with Crippen LogP contribution in [0.1, 0.15) is 18.4 Å². The number of hydrogen-bond donors (Lipinski definition) is 2. The number of nitrogens with zero attached hydrogens (tertiary/aromatic N) is 3. The highest BCUT2D eigenvalue weighted by atomic mass is 19.4. The number of nitro groups is 1. The molecular weight excluding hydrogens is 435 g/mol. The highest BCUT2D eigenvalue weighted by Gasteiger charge is 2.32. The van der Waals surface area contributed by atoms with E-state index in [0.717, 1.165) is 25.1 Å². The second-order valence-corrected chi connectivity index (χ2v) is 6.78. The van der Waals surface area contributed by atoms with Crippen LogP contribution in [0.2, 0.25) is 0 Å². The van der Waals surface area contributed by atoms with Gasteiger partial charge in [-0.1, -0.05) is 18.2 Å². The maximum absolute atomic E-state index is 12.6. The van der Waals surface area contributed by atoms with E-state index in [1.165, 1.54) is 24.3 Å². The molecule has 0 aliphatic carbocycles. The number of amides is 1. The molecule has 1 aromatic carbocycles. The number of halogens is 3. The van der Waals surface area contributed by atoms with Crippen molar-refractivity contribution < 1.29 is 32.4 Å². The van der Waals surface area contributed by atoms with Crippen LogP contribution >= 0.6 is 0 Å². The number of anilines is 2. The molecule has 0 atom stereocenters. The first kappa shape index (κ1) is 22.9. The minimum absolute atomic E-state index is 0.0141. The van der Waals surface area contributed by atoms with Gasteiger partial charge in [0.1, 0.15) is 23.5 Å². The summed E-state index contributed by atoms with van der Waals surface area (Å²) < 4.78 is 46.9. The lowest BCUT2D eigenvalue weighted by molar-refractivity contribution is -0.384. The van der Waals surface area contributed by atoms with Crippen LogP contribution in [0.3, 0.4) is 0 Å². The molecular formula is C19H20F3N5O5. The summed E-state index contributed by atoms with van der Waals surface area (Å²) in [4.78, 5) is 28.0. The molecule has 0 bridgehead atoms. The first-order valence-corrected chi connectivity index (χ1v) is 9.60. The summed E-state index contributed by atoms with van der Waals surface area (Å²) in [5.41, 5.74) is -0.219. The third-order valence-corrected chi connectivity index (χ3v) is 4.56. The minimum Gasteiger partial charge on any atom is -0.428 e. The Balaban J connectivity index is 1.66. The highest BCUT2D eigenvalue weighted by Crippen LogP contribution is 2.29. The molecule has 1 aliphatic heterocycles. The summed E-state index contributed by atoms with van der Waals surface area (Å²) in [5, 5.41) is 16.8. The van der Waals surface area contributed by atoms with Gasteiger partial charge in [0.2, 0.25) is 0 Å². The summed E-state index contributed by atoms with van der Waals surface area (Å²) in [7, 11) is 0. The fourth-order valence-corrected chi connectivity index (χ4v) is 3.06. The minimum atomic E-state index is -4.87. The number of nitrogens with one attached hydrogen (secondary N) is 2. The Bertz CT molecular complexity index is 967. The Labute approximate surface area is 180 Å². The van der Waals surface area contributed by atoms with E-state index in [9.17, 15) is 28.1 Å². The van der Waals surface area contributed by atoms with E-state index in [-0.39, 0.29) is 36.0 Å². The Kier molecular flexibility index (Phi) is 7.18. The van der Waals surface area contributed by atoms with Gasteiger partial charge in [-0.3, -0.25) is 10.1 Å². The van der Waals surface area contributed by atoms with Gasteiger partial charge in [-0.2, -0.15) is 0 Å². The van der Waals surface area contributed by atoms with Gasteiger partial charge in [0.05, 0.1) is 4.92 Å². The van der Waals surface area contributed by atoms with E-state index in [1.807, 2.05) is 0 Å². The molecule has 1 aromatic heterocycles. The van der Waals surface area contributed by atoms with Gasteiger partial charge < -0.3 is 25.0 Å². The molecule has 3 rings (SSSR count). The van der Waals surface area contributed by atoms with Gasteiger partial charge in [0, 0.05) is 31.3 Å². The van der Waals surface area contributed by atoms with Crippen molar-refractivity contribution in [2.45, 2.75) is 25.7 Å². The molecule has 1 amide bonds. The summed E-state index contributed by atoms with van der Waals surface area (Å²) in [6, 6.07) is 6.74. The quantitative estimate of drug-likeness (QED) is 0.347. The molecule has 13 heteroatoms. The number of pyridine rings is 1. The highest BCUT2D eigenvalue weighted by molar-refractivity contribution is 5.68. The predicted molar refractivity (Wildman–Crippen MR) is 107 cm³/mol. The van der Waals surface area contributed by atoms with Crippen LogP contribution in [0, 0.1) is 10.1 Å². The van der Waals surface area contributed by atoms with Gasteiger partial charge in [-0.25, -0.2) is 9.78 Å². The maximum Gasteiger partial charge on any atom is 0.573 e. The Morgan fingerprint density at radius 1 is 1.22 bits per heavy atom. The topological polar surface area (TPSA) is 119 Å². The Hall–Kier alpha value is -3.77. The first-order chi connectivity index (χ1) is 15.2. The number of para-hydroxylation sites is 1. The number of likely N-dealkylation sites (tertiary alicyclic amines) is 1. The van der Waals surface area contributed by atoms with Crippen LogP contribution in [-0.4, -0.2) is 47.1 Å². The van der Waals surface area contributed by atoms with E-state index in [0.29, 0.717) is 13.1 Å². The molecule has 0 radical (unpaired) electrons. The van der Waals surface area contributed by atoms with Gasteiger partial charge in [-0.05, 0) is 18.9 Å². The van der Waals surface area contributed by atoms with E-state index in [1.54, 1.807) is 4.90 Å². The van der Waals surface area contributed by atoms with Crippen molar-refractivity contribution in [2.75, 3.05) is 30.5 Å². The zero-order valence-electron chi connectivity index (χ0n) is 16.7. The van der Waals surface area contributed by atoms with Crippen molar-refractivity contribution in [1.29, 1.82) is 0 Å². The van der Waals surface area contributed by atoms with Crippen molar-refractivity contribution in [2.24, 2.45) is 0 Å². The van der Waals surface area contributed by atoms with E-state index < -0.39 is 23.1 Å². The number of rotatable bonds is 8. The second kappa shape index (κ2) is 10.0. The number of carbonyl (C=O) groups excluding carboxylic acids is 1. The molecule has 2 heterocycles. The van der Waals surface area contributed by atoms with E-state index in [2.05, 4.69) is 20.4 Å². The Morgan fingerprint density at radius 3 is 2.62 bits per heavy atom. The molecule has 172 valence electrons. The molecule has 1 fully saturated rings.